The van der Waals surface area contributed by atoms with Gasteiger partial charge in [0.1, 0.15) is 11.3 Å². The predicted molar refractivity (Wildman–Crippen MR) is 45.7 cm³/mol. The van der Waals surface area contributed by atoms with Crippen molar-refractivity contribution in [3.63, 3.8) is 0 Å². The monoisotopic (exact) mass is 189 g/mol. The molecule has 0 bridgehead atoms. The lowest BCUT2D eigenvalue weighted by Crippen LogP contribution is -2.45. The third kappa shape index (κ3) is 1.88. The van der Waals surface area contributed by atoms with Gasteiger partial charge in [0.15, 0.2) is 0 Å². The molecule has 1 rings (SSSR count). The van der Waals surface area contributed by atoms with Gasteiger partial charge in [-0.05, 0) is 25.6 Å². The first-order chi connectivity index (χ1) is 6.11. The summed E-state index contributed by atoms with van der Waals surface area (Å²) >= 11 is 0. The molecule has 0 aromatic carbocycles. The third-order valence-electron chi connectivity index (χ3n) is 2.01. The fraction of sp³-hybridized carbons (Fsp3) is 0.556. The fourth-order valence-electron chi connectivity index (χ4n) is 1.21. The zero-order valence-corrected chi connectivity index (χ0v) is 7.68. The van der Waals surface area contributed by atoms with E-state index in [1.165, 1.54) is 13.2 Å². The number of halogens is 2. The molecule has 2 nitrogen and oxygen atoms in total. The van der Waals surface area contributed by atoms with Gasteiger partial charge in [-0.3, -0.25) is 0 Å². The molecule has 0 amide bonds. The van der Waals surface area contributed by atoms with Crippen molar-refractivity contribution in [1.29, 1.82) is 0 Å². The maximum Gasteiger partial charge on any atom is 0.263 e. The van der Waals surface area contributed by atoms with Gasteiger partial charge in [-0.1, -0.05) is 6.92 Å². The molecule has 0 spiro atoms. The normalized spacial score (nSPS) is 16.1. The topological polar surface area (TPSA) is 25.2 Å². The smallest absolute Gasteiger partial charge is 0.263 e. The standard InChI is InChI=1S/C9H13F2NO/c1-3-12-9(2,8(10)11)7-5-4-6-13-7/h4-6,8,12H,3H2,1-2H3. The Bertz CT molecular complexity index is 248. The minimum absolute atomic E-state index is 0.268. The summed E-state index contributed by atoms with van der Waals surface area (Å²) in [5.74, 6) is 0.268. The first kappa shape index (κ1) is 10.2. The van der Waals surface area contributed by atoms with E-state index in [1.54, 1.807) is 19.1 Å². The number of nitrogens with one attached hydrogen (secondary N) is 1. The summed E-state index contributed by atoms with van der Waals surface area (Å²) in [5, 5.41) is 2.72. The molecular formula is C9H13F2NO. The summed E-state index contributed by atoms with van der Waals surface area (Å²) in [6.07, 6.45) is -1.09. The van der Waals surface area contributed by atoms with Gasteiger partial charge in [-0.15, -0.1) is 0 Å². The quantitative estimate of drug-likeness (QED) is 0.786. The highest BCUT2D eigenvalue weighted by molar-refractivity contribution is 5.12. The van der Waals surface area contributed by atoms with Gasteiger partial charge in [0.05, 0.1) is 6.26 Å². The maximum absolute atomic E-state index is 12.7. The Kier molecular flexibility index (Phi) is 3.03. The lowest BCUT2D eigenvalue weighted by Gasteiger charge is -2.27. The van der Waals surface area contributed by atoms with Gasteiger partial charge >= 0.3 is 0 Å². The Morgan fingerprint density at radius 1 is 1.62 bits per heavy atom. The van der Waals surface area contributed by atoms with Crippen LogP contribution in [0.15, 0.2) is 22.8 Å². The highest BCUT2D eigenvalue weighted by Gasteiger charge is 2.38. The van der Waals surface area contributed by atoms with Gasteiger partial charge in [0.25, 0.3) is 6.43 Å². The molecule has 0 saturated heterocycles. The van der Waals surface area contributed by atoms with E-state index >= 15 is 0 Å². The van der Waals surface area contributed by atoms with Gasteiger partial charge in [-0.25, -0.2) is 8.78 Å². The average molecular weight is 189 g/mol. The van der Waals surface area contributed by atoms with Crippen molar-refractivity contribution in [1.82, 2.24) is 5.32 Å². The Labute approximate surface area is 75.9 Å². The highest BCUT2D eigenvalue weighted by atomic mass is 19.3. The lowest BCUT2D eigenvalue weighted by molar-refractivity contribution is 0.0266. The van der Waals surface area contributed by atoms with Crippen molar-refractivity contribution in [3.8, 4) is 0 Å². The van der Waals surface area contributed by atoms with E-state index in [9.17, 15) is 8.78 Å². The molecule has 4 heteroatoms. The minimum atomic E-state index is -2.49. The van der Waals surface area contributed by atoms with Crippen molar-refractivity contribution in [3.05, 3.63) is 24.2 Å². The van der Waals surface area contributed by atoms with Crippen molar-refractivity contribution in [2.45, 2.75) is 25.8 Å². The molecule has 1 heterocycles. The van der Waals surface area contributed by atoms with Crippen molar-refractivity contribution >= 4 is 0 Å². The molecule has 13 heavy (non-hydrogen) atoms. The van der Waals surface area contributed by atoms with Gasteiger partial charge in [-0.2, -0.15) is 0 Å². The Balaban J connectivity index is 2.91. The van der Waals surface area contributed by atoms with Crippen LogP contribution in [0.1, 0.15) is 19.6 Å². The number of hydrogen-bond acceptors (Lipinski definition) is 2. The molecule has 1 unspecified atom stereocenters. The molecule has 74 valence electrons. The molecule has 1 aromatic rings. The number of furan rings is 1. The first-order valence-electron chi connectivity index (χ1n) is 4.18. The SMILES string of the molecule is CCNC(C)(c1ccco1)C(F)F. The Hall–Kier alpha value is -0.900. The van der Waals surface area contributed by atoms with Crippen molar-refractivity contribution in [2.75, 3.05) is 6.54 Å². The van der Waals surface area contributed by atoms with Crippen LogP contribution in [0.4, 0.5) is 8.78 Å². The zero-order valence-electron chi connectivity index (χ0n) is 7.68. The minimum Gasteiger partial charge on any atom is -0.467 e. The summed E-state index contributed by atoms with van der Waals surface area (Å²) in [5.41, 5.74) is -1.38. The molecule has 0 saturated carbocycles. The number of rotatable bonds is 4. The zero-order chi connectivity index (χ0) is 9.90. The molecule has 0 aliphatic heterocycles. The van der Waals surface area contributed by atoms with Crippen LogP contribution in [-0.2, 0) is 5.54 Å². The maximum atomic E-state index is 12.7. The molecule has 1 aromatic heterocycles. The van der Waals surface area contributed by atoms with Crippen LogP contribution in [0, 0.1) is 0 Å². The van der Waals surface area contributed by atoms with Crippen LogP contribution in [0.25, 0.3) is 0 Å². The first-order valence-corrected chi connectivity index (χ1v) is 4.18. The van der Waals surface area contributed by atoms with Crippen LogP contribution in [-0.4, -0.2) is 13.0 Å². The van der Waals surface area contributed by atoms with Gasteiger partial charge in [0, 0.05) is 0 Å². The average Bonchev–Trinajstić information content (AvgIpc) is 2.56. The molecule has 1 N–H and O–H groups in total. The van der Waals surface area contributed by atoms with Crippen LogP contribution < -0.4 is 5.32 Å². The van der Waals surface area contributed by atoms with Crippen molar-refractivity contribution in [2.24, 2.45) is 0 Å². The second kappa shape index (κ2) is 3.87. The van der Waals surface area contributed by atoms with Crippen LogP contribution >= 0.6 is 0 Å². The summed E-state index contributed by atoms with van der Waals surface area (Å²) in [6.45, 7) is 3.69. The Morgan fingerprint density at radius 2 is 2.31 bits per heavy atom. The van der Waals surface area contributed by atoms with E-state index in [-0.39, 0.29) is 5.76 Å². The van der Waals surface area contributed by atoms with Gasteiger partial charge in [0.2, 0.25) is 0 Å². The summed E-state index contributed by atoms with van der Waals surface area (Å²) in [4.78, 5) is 0. The third-order valence-corrected chi connectivity index (χ3v) is 2.01. The number of alkyl halides is 2. The fourth-order valence-corrected chi connectivity index (χ4v) is 1.21. The molecule has 1 atom stereocenters. The van der Waals surface area contributed by atoms with Crippen LogP contribution in [0.5, 0.6) is 0 Å². The van der Waals surface area contributed by atoms with E-state index in [1.807, 2.05) is 0 Å². The summed E-state index contributed by atoms with van der Waals surface area (Å²) in [7, 11) is 0. The van der Waals surface area contributed by atoms with Crippen LogP contribution in [0.2, 0.25) is 0 Å². The second-order valence-electron chi connectivity index (χ2n) is 3.01. The van der Waals surface area contributed by atoms with E-state index in [4.69, 9.17) is 4.42 Å². The van der Waals surface area contributed by atoms with E-state index in [0.29, 0.717) is 6.54 Å². The molecule has 0 aliphatic carbocycles. The van der Waals surface area contributed by atoms with Crippen LogP contribution in [0.3, 0.4) is 0 Å². The van der Waals surface area contributed by atoms with E-state index < -0.39 is 12.0 Å². The second-order valence-corrected chi connectivity index (χ2v) is 3.01. The van der Waals surface area contributed by atoms with Crippen molar-refractivity contribution < 1.29 is 13.2 Å². The van der Waals surface area contributed by atoms with E-state index in [0.717, 1.165) is 0 Å². The molecule has 0 fully saturated rings. The van der Waals surface area contributed by atoms with E-state index in [2.05, 4.69) is 5.32 Å². The molecular weight excluding hydrogens is 176 g/mol. The highest BCUT2D eigenvalue weighted by Crippen LogP contribution is 2.27. The lowest BCUT2D eigenvalue weighted by atomic mass is 10.00. The largest absolute Gasteiger partial charge is 0.467 e. The summed E-state index contributed by atoms with van der Waals surface area (Å²) in [6, 6.07) is 3.15. The molecule has 0 radical (unpaired) electrons. The Morgan fingerprint density at radius 3 is 2.69 bits per heavy atom. The molecule has 0 aliphatic rings. The number of hydrogen-bond donors (Lipinski definition) is 1. The van der Waals surface area contributed by atoms with Gasteiger partial charge < -0.3 is 9.73 Å². The summed E-state index contributed by atoms with van der Waals surface area (Å²) < 4.78 is 30.4. The predicted octanol–water partition coefficient (Wildman–Crippen LogP) is 2.37.